The van der Waals surface area contributed by atoms with Crippen LogP contribution in [0.2, 0.25) is 0 Å². The van der Waals surface area contributed by atoms with E-state index in [1.165, 1.54) is 9.80 Å². The molecule has 2 aliphatic rings. The van der Waals surface area contributed by atoms with Gasteiger partial charge in [0.05, 0.1) is 16.7 Å². The van der Waals surface area contributed by atoms with E-state index in [9.17, 15) is 8.78 Å². The highest BCUT2D eigenvalue weighted by molar-refractivity contribution is 7.00. The Morgan fingerprint density at radius 3 is 1.38 bits per heavy atom. The molecular weight excluding hydrogens is 839 g/mol. The Hall–Kier alpha value is -7.20. The largest absolute Gasteiger partial charge is 0.309 e. The summed E-state index contributed by atoms with van der Waals surface area (Å²) in [5.41, 5.74) is 7.48. The van der Waals surface area contributed by atoms with Gasteiger partial charge in [0.1, 0.15) is 23.0 Å². The molecule has 1 aromatic heterocycles. The van der Waals surface area contributed by atoms with Crippen LogP contribution in [0.4, 0.5) is 60.5 Å². The van der Waals surface area contributed by atoms with Gasteiger partial charge >= 0.3 is 0 Å². The van der Waals surface area contributed by atoms with Gasteiger partial charge in [-0.25, -0.2) is 26.3 Å². The lowest BCUT2D eigenvalue weighted by Gasteiger charge is -2.45. The molecule has 0 N–H and O–H groups in total. The first kappa shape index (κ1) is 41.5. The van der Waals surface area contributed by atoms with Crippen molar-refractivity contribution >= 4 is 79.0 Å². The summed E-state index contributed by atoms with van der Waals surface area (Å²) in [5.74, 6) is -6.73. The minimum Gasteiger partial charge on any atom is -0.309 e. The molecule has 0 aliphatic carbocycles. The molecule has 0 saturated heterocycles. The Morgan fingerprint density at radius 1 is 0.409 bits per heavy atom. The molecule has 0 atom stereocenters. The van der Waals surface area contributed by atoms with Crippen molar-refractivity contribution in [2.75, 3.05) is 9.80 Å². The van der Waals surface area contributed by atoms with E-state index in [4.69, 9.17) is 0 Å². The van der Waals surface area contributed by atoms with Crippen LogP contribution in [-0.4, -0.2) is 11.3 Å². The number of para-hydroxylation sites is 1. The Kier molecular flexibility index (Phi) is 9.22. The summed E-state index contributed by atoms with van der Waals surface area (Å²) < 4.78 is 98.5. The molecule has 0 unspecified atom stereocenters. The number of aromatic nitrogens is 1. The zero-order valence-corrected chi connectivity index (χ0v) is 37.0. The van der Waals surface area contributed by atoms with Gasteiger partial charge < -0.3 is 14.4 Å². The van der Waals surface area contributed by atoms with Crippen molar-refractivity contribution in [2.45, 2.75) is 52.4 Å². The molecular formula is C56H42BF6N3. The van der Waals surface area contributed by atoms with Crippen molar-refractivity contribution in [2.24, 2.45) is 0 Å². The van der Waals surface area contributed by atoms with Crippen LogP contribution in [0.25, 0.3) is 38.6 Å². The second kappa shape index (κ2) is 14.7. The van der Waals surface area contributed by atoms with Crippen LogP contribution in [0.15, 0.2) is 146 Å². The average Bonchev–Trinajstić information content (AvgIpc) is 3.60. The highest BCUT2D eigenvalue weighted by Gasteiger charge is 2.46. The molecule has 3 heterocycles. The van der Waals surface area contributed by atoms with Gasteiger partial charge in [0.25, 0.3) is 6.71 Å². The van der Waals surface area contributed by atoms with Crippen molar-refractivity contribution in [3.63, 3.8) is 0 Å². The molecule has 9 aromatic rings. The summed E-state index contributed by atoms with van der Waals surface area (Å²) in [5, 5.41) is 1.85. The third-order valence-electron chi connectivity index (χ3n) is 13.2. The Balaban J connectivity index is 1.33. The maximum atomic E-state index is 16.7. The fraction of sp³-hybridized carbons (Fsp3) is 0.143. The van der Waals surface area contributed by atoms with E-state index in [0.29, 0.717) is 69.1 Å². The summed E-state index contributed by atoms with van der Waals surface area (Å²) in [6.45, 7) is 11.8. The third-order valence-corrected chi connectivity index (χ3v) is 13.2. The topological polar surface area (TPSA) is 11.4 Å². The predicted molar refractivity (Wildman–Crippen MR) is 257 cm³/mol. The van der Waals surface area contributed by atoms with Gasteiger partial charge in [-0.1, -0.05) is 126 Å². The lowest BCUT2D eigenvalue weighted by molar-refractivity contribution is 0.545. The number of hydrogen-bond donors (Lipinski definition) is 0. The molecule has 11 rings (SSSR count). The number of halogens is 6. The van der Waals surface area contributed by atoms with E-state index >= 15 is 17.6 Å². The zero-order valence-electron chi connectivity index (χ0n) is 37.0. The average molecular weight is 882 g/mol. The van der Waals surface area contributed by atoms with Crippen LogP contribution in [0, 0.1) is 34.9 Å². The first-order valence-electron chi connectivity index (χ1n) is 21.9. The summed E-state index contributed by atoms with van der Waals surface area (Å²) in [4.78, 5) is 2.95. The summed E-state index contributed by atoms with van der Waals surface area (Å²) in [6.07, 6.45) is 0. The van der Waals surface area contributed by atoms with Gasteiger partial charge in [0.2, 0.25) is 0 Å². The highest BCUT2D eigenvalue weighted by atomic mass is 19.2. The van der Waals surface area contributed by atoms with Crippen molar-refractivity contribution in [3.05, 3.63) is 192 Å². The van der Waals surface area contributed by atoms with Crippen LogP contribution in [-0.2, 0) is 10.8 Å². The third kappa shape index (κ3) is 6.36. The standard InChI is InChI=1S/C56H42BF6N3/c1-55(2,3)33-17-20-47-40(23-33)57-41-24-34(56(4,5)6)18-21-48(41)66(54-44(62)27-36(59)28-45(54)63)51-30-37(29-50(52(51)57)65(47)53-42(60)25-35(58)26-43(53)61)64-46-15-11-10-14-38(46)39-19-16-32(22-49(39)64)31-12-8-7-9-13-31/h7-30H,1-6H3. The predicted octanol–water partition coefficient (Wildman–Crippen LogP) is 14.0. The van der Waals surface area contributed by atoms with Crippen molar-refractivity contribution in [3.8, 4) is 16.8 Å². The van der Waals surface area contributed by atoms with E-state index in [2.05, 4.69) is 59.7 Å². The summed E-state index contributed by atoms with van der Waals surface area (Å²) >= 11 is 0. The number of anilines is 6. The van der Waals surface area contributed by atoms with E-state index in [1.54, 1.807) is 0 Å². The fourth-order valence-electron chi connectivity index (χ4n) is 10.1. The molecule has 0 amide bonds. The fourth-order valence-corrected chi connectivity index (χ4v) is 10.1. The number of benzene rings is 8. The lowest BCUT2D eigenvalue weighted by Crippen LogP contribution is -2.62. The van der Waals surface area contributed by atoms with Crippen LogP contribution in [0.5, 0.6) is 0 Å². The first-order valence-corrected chi connectivity index (χ1v) is 21.9. The van der Waals surface area contributed by atoms with Gasteiger partial charge in [-0.05, 0) is 85.9 Å². The van der Waals surface area contributed by atoms with Crippen molar-refractivity contribution in [1.29, 1.82) is 0 Å². The lowest BCUT2D eigenvalue weighted by atomic mass is 9.33. The van der Waals surface area contributed by atoms with Gasteiger partial charge in [-0.2, -0.15) is 0 Å². The van der Waals surface area contributed by atoms with E-state index in [0.717, 1.165) is 44.1 Å². The summed E-state index contributed by atoms with van der Waals surface area (Å²) in [7, 11) is 0. The second-order valence-electron chi connectivity index (χ2n) is 19.4. The SMILES string of the molecule is CC(C)(C)c1ccc2c(c1)B1c3cc(C(C)(C)C)ccc3N(c3c(F)cc(F)cc3F)c3cc(-n4c5ccccc5c5ccc(-c6ccccc6)cc54)cc(c31)N2c1c(F)cc(F)cc1F. The van der Waals surface area contributed by atoms with Gasteiger partial charge in [0, 0.05) is 57.8 Å². The zero-order chi connectivity index (χ0) is 46.1. The Labute approximate surface area is 379 Å². The van der Waals surface area contributed by atoms with Gasteiger partial charge in [-0.15, -0.1) is 0 Å². The van der Waals surface area contributed by atoms with Crippen LogP contribution in [0.3, 0.4) is 0 Å². The van der Waals surface area contributed by atoms with E-state index in [-0.39, 0.29) is 10.8 Å². The van der Waals surface area contributed by atoms with E-state index in [1.807, 2.05) is 108 Å². The van der Waals surface area contributed by atoms with Crippen LogP contribution < -0.4 is 26.2 Å². The molecule has 0 saturated carbocycles. The van der Waals surface area contributed by atoms with Crippen molar-refractivity contribution in [1.82, 2.24) is 4.57 Å². The molecule has 0 radical (unpaired) electrons. The maximum absolute atomic E-state index is 16.7. The smallest absolute Gasteiger partial charge is 0.252 e. The molecule has 0 bridgehead atoms. The first-order chi connectivity index (χ1) is 31.5. The van der Waals surface area contributed by atoms with Gasteiger partial charge in [0.15, 0.2) is 23.3 Å². The van der Waals surface area contributed by atoms with E-state index < -0.39 is 53.0 Å². The monoisotopic (exact) mass is 881 g/mol. The molecule has 326 valence electrons. The quantitative estimate of drug-likeness (QED) is 0.129. The van der Waals surface area contributed by atoms with Crippen LogP contribution in [0.1, 0.15) is 52.7 Å². The number of nitrogens with zero attached hydrogens (tertiary/aromatic N) is 3. The molecule has 0 spiro atoms. The molecule has 0 fully saturated rings. The minimum absolute atomic E-state index is 0.304. The number of rotatable bonds is 4. The number of hydrogen-bond acceptors (Lipinski definition) is 2. The maximum Gasteiger partial charge on any atom is 0.252 e. The molecule has 8 aromatic carbocycles. The number of fused-ring (bicyclic) bond motifs is 7. The second-order valence-corrected chi connectivity index (χ2v) is 19.4. The minimum atomic E-state index is -1.14. The van der Waals surface area contributed by atoms with Crippen LogP contribution >= 0.6 is 0 Å². The summed E-state index contributed by atoms with van der Waals surface area (Å²) in [6, 6.07) is 42.0. The molecule has 2 aliphatic heterocycles. The normalized spacial score (nSPS) is 13.4. The van der Waals surface area contributed by atoms with Crippen molar-refractivity contribution < 1.29 is 26.3 Å². The molecule has 10 heteroatoms. The Morgan fingerprint density at radius 2 is 0.879 bits per heavy atom. The molecule has 3 nitrogen and oxygen atoms in total. The molecule has 66 heavy (non-hydrogen) atoms. The Bertz CT molecular complexity index is 3300. The highest BCUT2D eigenvalue weighted by Crippen LogP contribution is 2.49. The van der Waals surface area contributed by atoms with Gasteiger partial charge in [-0.3, -0.25) is 0 Å².